The third kappa shape index (κ3) is 4.42. The number of ether oxygens (including phenoxy) is 1. The first-order valence-corrected chi connectivity index (χ1v) is 8.35. The van der Waals surface area contributed by atoms with Gasteiger partial charge in [0.15, 0.2) is 0 Å². The van der Waals surface area contributed by atoms with Crippen LogP contribution in [0.3, 0.4) is 0 Å². The van der Waals surface area contributed by atoms with Gasteiger partial charge in [-0.15, -0.1) is 0 Å². The molecule has 0 saturated carbocycles. The van der Waals surface area contributed by atoms with E-state index in [9.17, 15) is 0 Å². The smallest absolute Gasteiger partial charge is 0.143 e. The standard InChI is InChI=1S/C17H17BrN6O/c1-10-6-17(22-11(2)21-10)24-16-8-15(19-9-20-16)23-13-5-4-12(18)7-14(13)25-3/h4-9H,1-3H3,(H2,19,20,21,22,23,24). The van der Waals surface area contributed by atoms with E-state index in [2.05, 4.69) is 46.5 Å². The van der Waals surface area contributed by atoms with Crippen LogP contribution in [0.25, 0.3) is 0 Å². The predicted molar refractivity (Wildman–Crippen MR) is 101 cm³/mol. The lowest BCUT2D eigenvalue weighted by atomic mass is 10.3. The van der Waals surface area contributed by atoms with E-state index in [1.54, 1.807) is 13.2 Å². The van der Waals surface area contributed by atoms with E-state index >= 15 is 0 Å². The fraction of sp³-hybridized carbons (Fsp3) is 0.176. The number of aromatic nitrogens is 4. The molecular weight excluding hydrogens is 384 g/mol. The SMILES string of the molecule is COc1cc(Br)ccc1Nc1cc(Nc2cc(C)nc(C)n2)ncn1. The molecule has 0 aliphatic heterocycles. The van der Waals surface area contributed by atoms with Crippen LogP contribution < -0.4 is 15.4 Å². The molecule has 8 heteroatoms. The molecule has 128 valence electrons. The van der Waals surface area contributed by atoms with Crippen LogP contribution in [0.1, 0.15) is 11.5 Å². The van der Waals surface area contributed by atoms with E-state index in [1.807, 2.05) is 38.1 Å². The number of hydrogen-bond acceptors (Lipinski definition) is 7. The van der Waals surface area contributed by atoms with Crippen LogP contribution in [0.15, 0.2) is 41.1 Å². The monoisotopic (exact) mass is 400 g/mol. The van der Waals surface area contributed by atoms with Crippen molar-refractivity contribution in [2.45, 2.75) is 13.8 Å². The Kier molecular flexibility index (Phi) is 5.08. The summed E-state index contributed by atoms with van der Waals surface area (Å²) in [6.45, 7) is 3.78. The van der Waals surface area contributed by atoms with Crippen LogP contribution in [0, 0.1) is 13.8 Å². The molecule has 25 heavy (non-hydrogen) atoms. The second-order valence-electron chi connectivity index (χ2n) is 5.32. The highest BCUT2D eigenvalue weighted by Crippen LogP contribution is 2.30. The zero-order valence-corrected chi connectivity index (χ0v) is 15.6. The fourth-order valence-electron chi connectivity index (χ4n) is 2.31. The summed E-state index contributed by atoms with van der Waals surface area (Å²) in [5, 5.41) is 6.40. The highest BCUT2D eigenvalue weighted by atomic mass is 79.9. The third-order valence-corrected chi connectivity index (χ3v) is 3.81. The maximum atomic E-state index is 5.38. The number of hydrogen-bond donors (Lipinski definition) is 2. The lowest BCUT2D eigenvalue weighted by Crippen LogP contribution is -2.02. The largest absolute Gasteiger partial charge is 0.495 e. The number of nitrogens with one attached hydrogen (secondary N) is 2. The maximum absolute atomic E-state index is 5.38. The summed E-state index contributed by atoms with van der Waals surface area (Å²) in [7, 11) is 1.62. The molecule has 0 amide bonds. The first-order valence-electron chi connectivity index (χ1n) is 7.55. The lowest BCUT2D eigenvalue weighted by Gasteiger charge is -2.12. The summed E-state index contributed by atoms with van der Waals surface area (Å²) in [5.74, 6) is 3.38. The van der Waals surface area contributed by atoms with Crippen LogP contribution in [-0.2, 0) is 0 Å². The van der Waals surface area contributed by atoms with E-state index in [0.717, 1.165) is 15.9 Å². The average molecular weight is 401 g/mol. The molecule has 0 saturated heterocycles. The quantitative estimate of drug-likeness (QED) is 0.665. The Hall–Kier alpha value is -2.74. The molecule has 0 spiro atoms. The molecule has 2 N–H and O–H groups in total. The summed E-state index contributed by atoms with van der Waals surface area (Å²) < 4.78 is 6.32. The van der Waals surface area contributed by atoms with Crippen molar-refractivity contribution in [2.75, 3.05) is 17.7 Å². The Balaban J connectivity index is 1.82. The van der Waals surface area contributed by atoms with Crippen molar-refractivity contribution >= 4 is 39.1 Å². The van der Waals surface area contributed by atoms with Gasteiger partial charge in [0.2, 0.25) is 0 Å². The zero-order valence-electron chi connectivity index (χ0n) is 14.0. The van der Waals surface area contributed by atoms with Gasteiger partial charge >= 0.3 is 0 Å². The molecule has 1 aromatic carbocycles. The highest BCUT2D eigenvalue weighted by molar-refractivity contribution is 9.10. The normalized spacial score (nSPS) is 10.4. The molecule has 2 aromatic heterocycles. The molecule has 3 aromatic rings. The summed E-state index contributed by atoms with van der Waals surface area (Å²) in [6, 6.07) is 9.39. The van der Waals surface area contributed by atoms with E-state index in [0.29, 0.717) is 29.0 Å². The van der Waals surface area contributed by atoms with Crippen LogP contribution in [0.2, 0.25) is 0 Å². The minimum absolute atomic E-state index is 0.631. The van der Waals surface area contributed by atoms with Crippen molar-refractivity contribution in [2.24, 2.45) is 0 Å². The van der Waals surface area contributed by atoms with E-state index in [-0.39, 0.29) is 0 Å². The maximum Gasteiger partial charge on any atom is 0.143 e. The Morgan fingerprint density at radius 3 is 2.40 bits per heavy atom. The van der Waals surface area contributed by atoms with E-state index in [1.165, 1.54) is 6.33 Å². The molecule has 0 aliphatic carbocycles. The minimum Gasteiger partial charge on any atom is -0.495 e. The van der Waals surface area contributed by atoms with Gasteiger partial charge in [-0.1, -0.05) is 15.9 Å². The molecule has 0 unspecified atom stereocenters. The van der Waals surface area contributed by atoms with Crippen LogP contribution in [0.5, 0.6) is 5.75 Å². The Labute approximate surface area is 154 Å². The van der Waals surface area contributed by atoms with Gasteiger partial charge < -0.3 is 15.4 Å². The van der Waals surface area contributed by atoms with Crippen LogP contribution in [0.4, 0.5) is 23.1 Å². The van der Waals surface area contributed by atoms with Gasteiger partial charge in [-0.2, -0.15) is 0 Å². The zero-order chi connectivity index (χ0) is 17.8. The number of nitrogens with zero attached hydrogens (tertiary/aromatic N) is 4. The van der Waals surface area contributed by atoms with Gasteiger partial charge in [0.25, 0.3) is 0 Å². The van der Waals surface area contributed by atoms with Gasteiger partial charge in [-0.3, -0.25) is 0 Å². The van der Waals surface area contributed by atoms with Crippen LogP contribution in [-0.4, -0.2) is 27.0 Å². The van der Waals surface area contributed by atoms with Crippen molar-refractivity contribution in [1.29, 1.82) is 0 Å². The molecule has 0 fully saturated rings. The summed E-state index contributed by atoms with van der Waals surface area (Å²) >= 11 is 3.43. The molecule has 7 nitrogen and oxygen atoms in total. The van der Waals surface area contributed by atoms with Crippen molar-refractivity contribution in [1.82, 2.24) is 19.9 Å². The van der Waals surface area contributed by atoms with E-state index < -0.39 is 0 Å². The second kappa shape index (κ2) is 7.43. The molecule has 0 radical (unpaired) electrons. The Morgan fingerprint density at radius 1 is 0.920 bits per heavy atom. The number of benzene rings is 1. The van der Waals surface area contributed by atoms with Gasteiger partial charge in [-0.25, -0.2) is 19.9 Å². The summed E-state index contributed by atoms with van der Waals surface area (Å²) in [6.07, 6.45) is 1.48. The molecule has 0 atom stereocenters. The predicted octanol–water partition coefficient (Wildman–Crippen LogP) is 4.14. The molecule has 3 rings (SSSR count). The molecule has 0 aliphatic rings. The number of aryl methyl sites for hydroxylation is 2. The molecule has 2 heterocycles. The molecular formula is C17H17BrN6O. The number of methoxy groups -OCH3 is 1. The van der Waals surface area contributed by atoms with Crippen molar-refractivity contribution in [3.63, 3.8) is 0 Å². The Bertz CT molecular complexity index is 882. The summed E-state index contributed by atoms with van der Waals surface area (Å²) in [4.78, 5) is 17.1. The first-order chi connectivity index (χ1) is 12.0. The van der Waals surface area contributed by atoms with Gasteiger partial charge in [-0.05, 0) is 32.0 Å². The van der Waals surface area contributed by atoms with Crippen molar-refractivity contribution in [3.05, 3.63) is 52.7 Å². The highest BCUT2D eigenvalue weighted by Gasteiger charge is 2.07. The Morgan fingerprint density at radius 2 is 1.68 bits per heavy atom. The lowest BCUT2D eigenvalue weighted by molar-refractivity contribution is 0.416. The fourth-order valence-corrected chi connectivity index (χ4v) is 2.65. The van der Waals surface area contributed by atoms with Gasteiger partial charge in [0.1, 0.15) is 35.4 Å². The second-order valence-corrected chi connectivity index (χ2v) is 6.24. The van der Waals surface area contributed by atoms with Crippen LogP contribution >= 0.6 is 15.9 Å². The number of rotatable bonds is 5. The van der Waals surface area contributed by atoms with Crippen molar-refractivity contribution in [3.8, 4) is 5.75 Å². The van der Waals surface area contributed by atoms with Gasteiger partial charge in [0, 0.05) is 22.3 Å². The van der Waals surface area contributed by atoms with Crippen molar-refractivity contribution < 1.29 is 4.74 Å². The van der Waals surface area contributed by atoms with Gasteiger partial charge in [0.05, 0.1) is 12.8 Å². The van der Waals surface area contributed by atoms with E-state index in [4.69, 9.17) is 4.74 Å². The first kappa shape index (κ1) is 17.1. The minimum atomic E-state index is 0.631. The number of halogens is 1. The summed E-state index contributed by atoms with van der Waals surface area (Å²) in [5.41, 5.74) is 1.70. The average Bonchev–Trinajstić information content (AvgIpc) is 2.56. The topological polar surface area (TPSA) is 84.9 Å². The number of anilines is 4. The third-order valence-electron chi connectivity index (χ3n) is 3.32. The molecule has 0 bridgehead atoms.